The van der Waals surface area contributed by atoms with Gasteiger partial charge >= 0.3 is 5.97 Å². The van der Waals surface area contributed by atoms with Crippen LogP contribution in [0.3, 0.4) is 0 Å². The van der Waals surface area contributed by atoms with Crippen molar-refractivity contribution in [3.05, 3.63) is 98.0 Å². The van der Waals surface area contributed by atoms with E-state index in [4.69, 9.17) is 9.47 Å². The topological polar surface area (TPSA) is 120 Å². The van der Waals surface area contributed by atoms with Crippen LogP contribution in [-0.2, 0) is 0 Å². The summed E-state index contributed by atoms with van der Waals surface area (Å²) in [6.07, 6.45) is 1.36. The van der Waals surface area contributed by atoms with Crippen molar-refractivity contribution in [3.8, 4) is 11.5 Å². The zero-order valence-corrected chi connectivity index (χ0v) is 18.2. The van der Waals surface area contributed by atoms with Crippen LogP contribution in [0, 0.1) is 10.1 Å². The van der Waals surface area contributed by atoms with Crippen LogP contribution in [0.2, 0.25) is 0 Å². The number of methoxy groups -OCH3 is 1. The summed E-state index contributed by atoms with van der Waals surface area (Å²) in [6, 6.07) is 16.8. The van der Waals surface area contributed by atoms with E-state index in [9.17, 15) is 19.7 Å². The molecule has 9 nitrogen and oxygen atoms in total. The number of nitro groups is 1. The lowest BCUT2D eigenvalue weighted by Gasteiger charge is -2.10. The van der Waals surface area contributed by atoms with E-state index in [1.807, 2.05) is 0 Å². The van der Waals surface area contributed by atoms with Gasteiger partial charge in [-0.05, 0) is 48.0 Å². The normalized spacial score (nSPS) is 10.6. The molecule has 0 radical (unpaired) electrons. The van der Waals surface area contributed by atoms with Gasteiger partial charge in [0.15, 0.2) is 11.5 Å². The van der Waals surface area contributed by atoms with E-state index in [-0.39, 0.29) is 17.0 Å². The second kappa shape index (κ2) is 10.3. The van der Waals surface area contributed by atoms with Crippen molar-refractivity contribution in [3.63, 3.8) is 0 Å². The van der Waals surface area contributed by atoms with E-state index >= 15 is 0 Å². The van der Waals surface area contributed by atoms with Crippen LogP contribution in [0.4, 0.5) is 5.69 Å². The number of non-ortho nitro benzene ring substituents is 1. The smallest absolute Gasteiger partial charge is 0.343 e. The largest absolute Gasteiger partial charge is 0.493 e. The number of nitrogens with zero attached hydrogens (tertiary/aromatic N) is 2. The molecule has 162 valence electrons. The van der Waals surface area contributed by atoms with Crippen LogP contribution in [0.15, 0.2) is 76.3 Å². The summed E-state index contributed by atoms with van der Waals surface area (Å²) in [4.78, 5) is 34.7. The van der Waals surface area contributed by atoms with Crippen LogP contribution in [0.25, 0.3) is 0 Å². The van der Waals surface area contributed by atoms with Crippen molar-refractivity contribution in [2.75, 3.05) is 7.11 Å². The van der Waals surface area contributed by atoms with E-state index < -0.39 is 16.8 Å². The minimum absolute atomic E-state index is 0.101. The monoisotopic (exact) mass is 497 g/mol. The molecule has 1 N–H and O–H groups in total. The average molecular weight is 498 g/mol. The number of ether oxygens (including phenoxy) is 2. The zero-order chi connectivity index (χ0) is 23.1. The molecular formula is C22H16BrN3O6. The van der Waals surface area contributed by atoms with Crippen molar-refractivity contribution in [1.82, 2.24) is 5.43 Å². The first-order valence-corrected chi connectivity index (χ1v) is 9.90. The lowest BCUT2D eigenvalue weighted by atomic mass is 10.2. The summed E-state index contributed by atoms with van der Waals surface area (Å²) in [7, 11) is 1.43. The highest BCUT2D eigenvalue weighted by molar-refractivity contribution is 9.10. The molecule has 1 amide bonds. The average Bonchev–Trinajstić information content (AvgIpc) is 2.79. The molecule has 32 heavy (non-hydrogen) atoms. The molecule has 0 bridgehead atoms. The van der Waals surface area contributed by atoms with Gasteiger partial charge in [0.25, 0.3) is 11.6 Å². The van der Waals surface area contributed by atoms with Crippen LogP contribution in [0.1, 0.15) is 26.3 Å². The van der Waals surface area contributed by atoms with E-state index in [0.29, 0.717) is 16.9 Å². The lowest BCUT2D eigenvalue weighted by Crippen LogP contribution is -2.17. The Morgan fingerprint density at radius 1 is 1.03 bits per heavy atom. The predicted molar refractivity (Wildman–Crippen MR) is 120 cm³/mol. The summed E-state index contributed by atoms with van der Waals surface area (Å²) < 4.78 is 11.4. The number of benzene rings is 3. The van der Waals surface area contributed by atoms with Crippen LogP contribution < -0.4 is 14.9 Å². The molecule has 0 atom stereocenters. The first kappa shape index (κ1) is 22.6. The fourth-order valence-electron chi connectivity index (χ4n) is 2.61. The Balaban J connectivity index is 1.68. The van der Waals surface area contributed by atoms with Crippen LogP contribution >= 0.6 is 15.9 Å². The maximum Gasteiger partial charge on any atom is 0.343 e. The van der Waals surface area contributed by atoms with Gasteiger partial charge in [0.05, 0.1) is 23.8 Å². The Kier molecular flexibility index (Phi) is 7.29. The number of hydrazone groups is 1. The Morgan fingerprint density at radius 2 is 1.78 bits per heavy atom. The van der Waals surface area contributed by atoms with Crippen LogP contribution in [0.5, 0.6) is 11.5 Å². The van der Waals surface area contributed by atoms with Gasteiger partial charge in [-0.25, -0.2) is 10.2 Å². The van der Waals surface area contributed by atoms with E-state index in [1.165, 1.54) is 31.5 Å². The van der Waals surface area contributed by atoms with Gasteiger partial charge in [-0.15, -0.1) is 0 Å². The Bertz CT molecular complexity index is 1210. The summed E-state index contributed by atoms with van der Waals surface area (Å²) in [5, 5.41) is 14.7. The third kappa shape index (κ3) is 5.76. The number of nitrogens with one attached hydrogen (secondary N) is 1. The maximum absolute atomic E-state index is 12.4. The third-order valence-corrected chi connectivity index (χ3v) is 4.64. The molecule has 0 aromatic heterocycles. The van der Waals surface area contributed by atoms with Crippen LogP contribution in [-0.4, -0.2) is 30.1 Å². The number of esters is 1. The van der Waals surface area contributed by atoms with E-state index in [1.54, 1.807) is 42.5 Å². The van der Waals surface area contributed by atoms with Crippen molar-refractivity contribution < 1.29 is 24.0 Å². The summed E-state index contributed by atoms with van der Waals surface area (Å²) in [5.41, 5.74) is 3.14. The van der Waals surface area contributed by atoms with Gasteiger partial charge < -0.3 is 9.47 Å². The van der Waals surface area contributed by atoms with Crippen molar-refractivity contribution in [1.29, 1.82) is 0 Å². The molecule has 3 aromatic rings. The van der Waals surface area contributed by atoms with Gasteiger partial charge in [-0.2, -0.15) is 5.10 Å². The highest BCUT2D eigenvalue weighted by Gasteiger charge is 2.14. The molecule has 0 saturated carbocycles. The number of carbonyl (C=O) groups is 2. The zero-order valence-electron chi connectivity index (χ0n) is 16.7. The number of hydrogen-bond donors (Lipinski definition) is 1. The number of nitro benzene ring substituents is 1. The highest BCUT2D eigenvalue weighted by Crippen LogP contribution is 2.28. The second-order valence-corrected chi connectivity index (χ2v) is 7.23. The minimum atomic E-state index is -0.600. The maximum atomic E-state index is 12.4. The Labute approximate surface area is 190 Å². The predicted octanol–water partition coefficient (Wildman–Crippen LogP) is 4.35. The molecular weight excluding hydrogens is 482 g/mol. The first-order valence-electron chi connectivity index (χ1n) is 9.11. The quantitative estimate of drug-likeness (QED) is 0.170. The standard InChI is InChI=1S/C22H16BrN3O6/c1-31-20-10-14(8-9-19(20)32-22(28)16-5-2-6-17(23)11-16)13-24-25-21(27)15-4-3-7-18(12-15)26(29)30/h2-13H,1H3,(H,25,27)/b24-13-. The summed E-state index contributed by atoms with van der Waals surface area (Å²) in [6.45, 7) is 0. The molecule has 10 heteroatoms. The fourth-order valence-corrected chi connectivity index (χ4v) is 3.01. The first-order chi connectivity index (χ1) is 15.4. The minimum Gasteiger partial charge on any atom is -0.493 e. The van der Waals surface area contributed by atoms with Crippen molar-refractivity contribution in [2.24, 2.45) is 5.10 Å². The van der Waals surface area contributed by atoms with Gasteiger partial charge in [0.1, 0.15) is 0 Å². The lowest BCUT2D eigenvalue weighted by molar-refractivity contribution is -0.384. The number of carbonyl (C=O) groups excluding carboxylic acids is 2. The third-order valence-electron chi connectivity index (χ3n) is 4.15. The molecule has 3 aromatic carbocycles. The molecule has 0 fully saturated rings. The SMILES string of the molecule is COc1cc(/C=N\NC(=O)c2cccc([N+](=O)[O-])c2)ccc1OC(=O)c1cccc(Br)c1. The molecule has 0 spiro atoms. The van der Waals surface area contributed by atoms with E-state index in [0.717, 1.165) is 10.5 Å². The summed E-state index contributed by atoms with van der Waals surface area (Å²) in [5.74, 6) is -0.635. The van der Waals surface area contributed by atoms with Gasteiger partial charge in [-0.1, -0.05) is 28.1 Å². The van der Waals surface area contributed by atoms with Gasteiger partial charge in [0, 0.05) is 22.2 Å². The Hall–Kier alpha value is -4.05. The molecule has 3 rings (SSSR count). The molecule has 0 aliphatic carbocycles. The number of rotatable bonds is 7. The number of amides is 1. The molecule has 0 saturated heterocycles. The number of hydrogen-bond acceptors (Lipinski definition) is 7. The summed E-state index contributed by atoms with van der Waals surface area (Å²) >= 11 is 3.31. The van der Waals surface area contributed by atoms with Gasteiger partial charge in [-0.3, -0.25) is 14.9 Å². The number of halogens is 1. The molecule has 0 aliphatic rings. The fraction of sp³-hybridized carbons (Fsp3) is 0.0455. The molecule has 0 aliphatic heterocycles. The van der Waals surface area contributed by atoms with Gasteiger partial charge in [0.2, 0.25) is 0 Å². The highest BCUT2D eigenvalue weighted by atomic mass is 79.9. The second-order valence-electron chi connectivity index (χ2n) is 6.32. The Morgan fingerprint density at radius 3 is 2.50 bits per heavy atom. The van der Waals surface area contributed by atoms with Crippen molar-refractivity contribution >= 4 is 39.7 Å². The molecule has 0 unspecified atom stereocenters. The van der Waals surface area contributed by atoms with E-state index in [2.05, 4.69) is 26.5 Å². The van der Waals surface area contributed by atoms with Crippen molar-refractivity contribution in [2.45, 2.75) is 0 Å². The molecule has 0 heterocycles.